The van der Waals surface area contributed by atoms with Crippen molar-refractivity contribution in [2.75, 3.05) is 10.6 Å². The maximum Gasteiger partial charge on any atom is 0.152 e. The van der Waals surface area contributed by atoms with Gasteiger partial charge < -0.3 is 10.6 Å². The number of hydrogen-bond donors (Lipinski definition) is 2. The van der Waals surface area contributed by atoms with Crippen LogP contribution in [0.25, 0.3) is 5.65 Å². The summed E-state index contributed by atoms with van der Waals surface area (Å²) in [5.41, 5.74) is 2.35. The van der Waals surface area contributed by atoms with Crippen LogP contribution in [0.2, 0.25) is 0 Å². The normalized spacial score (nSPS) is 14.6. The van der Waals surface area contributed by atoms with Gasteiger partial charge >= 0.3 is 0 Å². The van der Waals surface area contributed by atoms with Crippen molar-refractivity contribution >= 4 is 30.6 Å². The molecule has 3 aromatic rings. The molecule has 2 N–H and O–H groups in total. The van der Waals surface area contributed by atoms with Crippen LogP contribution >= 0.6 is 0 Å². The molecule has 0 aliphatic heterocycles. The van der Waals surface area contributed by atoms with Gasteiger partial charge in [0.2, 0.25) is 0 Å². The Labute approximate surface area is 135 Å². The number of aromatic nitrogens is 4. The highest BCUT2D eigenvalue weighted by Crippen LogP contribution is 2.24. The Kier molecular flexibility index (Phi) is 3.61. The average molecular weight is 304 g/mol. The first kappa shape index (κ1) is 14.1. The fourth-order valence-electron chi connectivity index (χ4n) is 2.64. The van der Waals surface area contributed by atoms with E-state index in [1.165, 1.54) is 19.3 Å². The molecule has 114 valence electrons. The quantitative estimate of drug-likeness (QED) is 0.699. The SMILES string of the molecule is [B]c1cnn2c(NCc3cccnc3)cc(NC3CCC3)nc12. The van der Waals surface area contributed by atoms with Crippen LogP contribution in [-0.2, 0) is 6.54 Å². The molecule has 2 radical (unpaired) electrons. The topological polar surface area (TPSA) is 67.1 Å². The Morgan fingerprint density at radius 2 is 2.22 bits per heavy atom. The summed E-state index contributed by atoms with van der Waals surface area (Å²) < 4.78 is 1.73. The lowest BCUT2D eigenvalue weighted by molar-refractivity contribution is 0.444. The van der Waals surface area contributed by atoms with Gasteiger partial charge in [0.25, 0.3) is 0 Å². The third kappa shape index (κ3) is 2.86. The molecule has 6 nitrogen and oxygen atoms in total. The van der Waals surface area contributed by atoms with Gasteiger partial charge in [-0.25, -0.2) is 4.98 Å². The summed E-state index contributed by atoms with van der Waals surface area (Å²) in [6.07, 6.45) is 8.91. The maximum atomic E-state index is 5.99. The summed E-state index contributed by atoms with van der Waals surface area (Å²) in [5, 5.41) is 11.2. The van der Waals surface area contributed by atoms with Crippen LogP contribution in [0.15, 0.2) is 36.8 Å². The fraction of sp³-hybridized carbons (Fsp3) is 0.312. The van der Waals surface area contributed by atoms with Crippen LogP contribution in [0.3, 0.4) is 0 Å². The highest BCUT2D eigenvalue weighted by molar-refractivity contribution is 6.36. The molecule has 3 heterocycles. The Balaban J connectivity index is 1.63. The summed E-state index contributed by atoms with van der Waals surface area (Å²) in [7, 11) is 5.99. The molecule has 3 aromatic heterocycles. The predicted molar refractivity (Wildman–Crippen MR) is 91.2 cm³/mol. The summed E-state index contributed by atoms with van der Waals surface area (Å²) in [6, 6.07) is 6.45. The van der Waals surface area contributed by atoms with Gasteiger partial charge in [0.05, 0.1) is 0 Å². The molecule has 0 unspecified atom stereocenters. The van der Waals surface area contributed by atoms with Crippen molar-refractivity contribution in [3.8, 4) is 0 Å². The first-order chi connectivity index (χ1) is 11.3. The predicted octanol–water partition coefficient (Wildman–Crippen LogP) is 1.49. The van der Waals surface area contributed by atoms with E-state index in [9.17, 15) is 0 Å². The first-order valence-corrected chi connectivity index (χ1v) is 7.83. The smallest absolute Gasteiger partial charge is 0.152 e. The molecule has 1 saturated carbocycles. The monoisotopic (exact) mass is 304 g/mol. The Morgan fingerprint density at radius 1 is 1.30 bits per heavy atom. The second kappa shape index (κ2) is 5.91. The molecule has 0 amide bonds. The van der Waals surface area contributed by atoms with Gasteiger partial charge in [-0.15, -0.1) is 0 Å². The van der Waals surface area contributed by atoms with Gasteiger partial charge in [0.15, 0.2) is 5.65 Å². The largest absolute Gasteiger partial charge is 0.367 e. The van der Waals surface area contributed by atoms with E-state index in [1.54, 1.807) is 16.9 Å². The van der Waals surface area contributed by atoms with E-state index >= 15 is 0 Å². The molecular weight excluding hydrogens is 287 g/mol. The lowest BCUT2D eigenvalue weighted by Gasteiger charge is -2.27. The van der Waals surface area contributed by atoms with E-state index in [4.69, 9.17) is 7.85 Å². The highest BCUT2D eigenvalue weighted by atomic mass is 15.3. The van der Waals surface area contributed by atoms with Crippen LogP contribution in [0.5, 0.6) is 0 Å². The summed E-state index contributed by atoms with van der Waals surface area (Å²) in [4.78, 5) is 8.72. The van der Waals surface area contributed by atoms with Crippen LogP contribution in [0.4, 0.5) is 11.6 Å². The number of fused-ring (bicyclic) bond motifs is 1. The van der Waals surface area contributed by atoms with Crippen molar-refractivity contribution in [3.05, 3.63) is 42.4 Å². The molecule has 7 heteroatoms. The van der Waals surface area contributed by atoms with Gasteiger partial charge in [-0.1, -0.05) is 6.07 Å². The Bertz CT molecular complexity index is 812. The molecule has 0 saturated heterocycles. The Hall–Kier alpha value is -2.57. The third-order valence-corrected chi connectivity index (χ3v) is 4.15. The van der Waals surface area contributed by atoms with Gasteiger partial charge in [-0.2, -0.15) is 9.61 Å². The zero-order valence-corrected chi connectivity index (χ0v) is 12.7. The van der Waals surface area contributed by atoms with Crippen molar-refractivity contribution in [1.29, 1.82) is 0 Å². The lowest BCUT2D eigenvalue weighted by Crippen LogP contribution is -2.27. The van der Waals surface area contributed by atoms with Gasteiger partial charge in [0, 0.05) is 37.2 Å². The number of nitrogens with one attached hydrogen (secondary N) is 2. The molecule has 1 aliphatic carbocycles. The first-order valence-electron chi connectivity index (χ1n) is 7.83. The van der Waals surface area contributed by atoms with Crippen LogP contribution in [0, 0.1) is 0 Å². The van der Waals surface area contributed by atoms with Crippen molar-refractivity contribution in [2.45, 2.75) is 31.8 Å². The molecule has 1 aliphatic rings. The number of nitrogens with zero attached hydrogens (tertiary/aromatic N) is 4. The third-order valence-electron chi connectivity index (χ3n) is 4.15. The standard InChI is InChI=1S/C16H17BN6/c17-13-10-20-23-15(19-9-11-3-2-6-18-8-11)7-14(22-16(13)23)21-12-4-1-5-12/h2-3,6-8,10,12,19H,1,4-5,9H2,(H,21,22). The maximum absolute atomic E-state index is 5.99. The molecular formula is C16H17BN6. The number of hydrogen-bond acceptors (Lipinski definition) is 5. The number of anilines is 2. The molecule has 1 fully saturated rings. The van der Waals surface area contributed by atoms with E-state index in [-0.39, 0.29) is 0 Å². The van der Waals surface area contributed by atoms with E-state index in [1.807, 2.05) is 24.4 Å². The van der Waals surface area contributed by atoms with Crippen molar-refractivity contribution in [1.82, 2.24) is 19.6 Å². The minimum atomic E-state index is 0.514. The van der Waals surface area contributed by atoms with Crippen LogP contribution in [-0.4, -0.2) is 33.5 Å². The molecule has 4 rings (SSSR count). The molecule has 23 heavy (non-hydrogen) atoms. The Morgan fingerprint density at radius 3 is 2.96 bits per heavy atom. The molecule has 0 spiro atoms. The van der Waals surface area contributed by atoms with E-state index < -0.39 is 0 Å². The van der Waals surface area contributed by atoms with E-state index in [2.05, 4.69) is 25.7 Å². The zero-order chi connectivity index (χ0) is 15.6. The number of pyridine rings is 1. The van der Waals surface area contributed by atoms with Crippen molar-refractivity contribution < 1.29 is 0 Å². The molecule has 0 aromatic carbocycles. The van der Waals surface area contributed by atoms with Gasteiger partial charge in [-0.05, 0) is 36.4 Å². The molecule has 0 bridgehead atoms. The summed E-state index contributed by atoms with van der Waals surface area (Å²) in [6.45, 7) is 0.662. The second-order valence-corrected chi connectivity index (χ2v) is 5.85. The van der Waals surface area contributed by atoms with Crippen molar-refractivity contribution in [3.63, 3.8) is 0 Å². The average Bonchev–Trinajstić information content (AvgIpc) is 2.91. The van der Waals surface area contributed by atoms with Gasteiger partial charge in [-0.3, -0.25) is 4.98 Å². The highest BCUT2D eigenvalue weighted by Gasteiger charge is 2.18. The zero-order valence-electron chi connectivity index (χ0n) is 12.7. The summed E-state index contributed by atoms with van der Waals surface area (Å²) in [5.74, 6) is 1.69. The van der Waals surface area contributed by atoms with Gasteiger partial charge in [0.1, 0.15) is 19.5 Å². The minimum absolute atomic E-state index is 0.514. The minimum Gasteiger partial charge on any atom is -0.367 e. The van der Waals surface area contributed by atoms with Crippen LogP contribution in [0.1, 0.15) is 24.8 Å². The summed E-state index contributed by atoms with van der Waals surface area (Å²) >= 11 is 0. The number of rotatable bonds is 5. The van der Waals surface area contributed by atoms with E-state index in [0.29, 0.717) is 23.7 Å². The fourth-order valence-corrected chi connectivity index (χ4v) is 2.64. The van der Waals surface area contributed by atoms with Crippen LogP contribution < -0.4 is 16.1 Å². The van der Waals surface area contributed by atoms with Crippen molar-refractivity contribution in [2.24, 2.45) is 0 Å². The van der Waals surface area contributed by atoms with E-state index in [0.717, 1.165) is 17.2 Å². The molecule has 0 atom stereocenters. The lowest BCUT2D eigenvalue weighted by atomic mass is 9.93. The second-order valence-electron chi connectivity index (χ2n) is 5.85.